The zero-order valence-electron chi connectivity index (χ0n) is 14.4. The summed E-state index contributed by atoms with van der Waals surface area (Å²) in [5.74, 6) is 1.25. The number of hydrogen-bond donors (Lipinski definition) is 1. The largest absolute Gasteiger partial charge is 0.378 e. The van der Waals surface area contributed by atoms with Crippen molar-refractivity contribution in [2.75, 3.05) is 32.7 Å². The van der Waals surface area contributed by atoms with Gasteiger partial charge in [0.05, 0.1) is 0 Å². The predicted molar refractivity (Wildman–Crippen MR) is 91.7 cm³/mol. The highest BCUT2D eigenvalue weighted by atomic mass is 16.2. The fraction of sp³-hybridized carbons (Fsp3) is 0.778. The fourth-order valence-corrected chi connectivity index (χ4v) is 3.36. The van der Waals surface area contributed by atoms with Crippen LogP contribution in [0.4, 0.5) is 0 Å². The van der Waals surface area contributed by atoms with Gasteiger partial charge in [-0.1, -0.05) is 13.5 Å². The third kappa shape index (κ3) is 5.56. The van der Waals surface area contributed by atoms with Gasteiger partial charge in [0.25, 0.3) is 0 Å². The zero-order chi connectivity index (χ0) is 16.7. The second-order valence-corrected chi connectivity index (χ2v) is 6.95. The highest BCUT2D eigenvalue weighted by Gasteiger charge is 2.23. The van der Waals surface area contributed by atoms with Crippen LogP contribution in [0.15, 0.2) is 12.8 Å². The predicted octanol–water partition coefficient (Wildman–Crippen LogP) is 2.00. The zero-order valence-corrected chi connectivity index (χ0v) is 14.4. The number of nitrogens with one attached hydrogen (secondary N) is 1. The van der Waals surface area contributed by atoms with Gasteiger partial charge in [-0.2, -0.15) is 0 Å². The first-order chi connectivity index (χ1) is 11.1. The molecule has 2 saturated heterocycles. The molecular weight excluding hydrogens is 290 g/mol. The molecule has 0 unspecified atom stereocenters. The molecular formula is C18H31N3O2. The van der Waals surface area contributed by atoms with Crippen molar-refractivity contribution in [2.45, 2.75) is 45.4 Å². The molecule has 2 aliphatic heterocycles. The fourth-order valence-electron chi connectivity index (χ4n) is 3.36. The summed E-state index contributed by atoms with van der Waals surface area (Å²) >= 11 is 0. The third-order valence-electron chi connectivity index (χ3n) is 5.16. The molecule has 2 rings (SSSR count). The average molecular weight is 321 g/mol. The molecule has 0 spiro atoms. The number of rotatable bonds is 6. The van der Waals surface area contributed by atoms with Crippen LogP contribution < -0.4 is 5.32 Å². The number of amides is 2. The molecule has 0 saturated carbocycles. The molecule has 0 aromatic heterocycles. The topological polar surface area (TPSA) is 52.7 Å². The lowest BCUT2D eigenvalue weighted by atomic mass is 9.96. The molecule has 0 aliphatic carbocycles. The van der Waals surface area contributed by atoms with Crippen LogP contribution in [0.5, 0.6) is 0 Å². The summed E-state index contributed by atoms with van der Waals surface area (Å²) in [7, 11) is 0. The van der Waals surface area contributed by atoms with Gasteiger partial charge in [0.1, 0.15) is 0 Å². The lowest BCUT2D eigenvalue weighted by molar-refractivity contribution is -0.133. The molecule has 5 heteroatoms. The van der Waals surface area contributed by atoms with Crippen molar-refractivity contribution in [1.82, 2.24) is 15.1 Å². The molecule has 0 aromatic rings. The molecule has 5 nitrogen and oxygen atoms in total. The van der Waals surface area contributed by atoms with Crippen LogP contribution in [-0.4, -0.2) is 54.3 Å². The Morgan fingerprint density at radius 1 is 1.13 bits per heavy atom. The van der Waals surface area contributed by atoms with E-state index in [1.165, 1.54) is 0 Å². The van der Waals surface area contributed by atoms with Crippen LogP contribution in [0.3, 0.4) is 0 Å². The molecule has 2 aliphatic rings. The number of piperidine rings is 2. The van der Waals surface area contributed by atoms with E-state index in [1.54, 1.807) is 0 Å². The van der Waals surface area contributed by atoms with E-state index < -0.39 is 0 Å². The number of carbonyl (C=O) groups excluding carboxylic acids is 2. The van der Waals surface area contributed by atoms with Crippen molar-refractivity contribution in [1.29, 1.82) is 0 Å². The number of nitrogens with zero attached hydrogens (tertiary/aromatic N) is 2. The Morgan fingerprint density at radius 2 is 1.78 bits per heavy atom. The molecule has 2 heterocycles. The Kier molecular flexibility index (Phi) is 6.93. The molecule has 0 atom stereocenters. The first-order valence-electron chi connectivity index (χ1n) is 9.02. The normalized spacial score (nSPS) is 20.4. The second kappa shape index (κ2) is 8.94. The van der Waals surface area contributed by atoms with Crippen molar-refractivity contribution in [3.05, 3.63) is 12.8 Å². The first kappa shape index (κ1) is 17.8. The van der Waals surface area contributed by atoms with Crippen molar-refractivity contribution >= 4 is 11.8 Å². The van der Waals surface area contributed by atoms with Crippen molar-refractivity contribution < 1.29 is 9.59 Å². The van der Waals surface area contributed by atoms with Gasteiger partial charge in [-0.15, -0.1) is 0 Å². The van der Waals surface area contributed by atoms with E-state index in [9.17, 15) is 9.59 Å². The van der Waals surface area contributed by atoms with E-state index in [2.05, 4.69) is 23.7 Å². The van der Waals surface area contributed by atoms with E-state index in [4.69, 9.17) is 0 Å². The Morgan fingerprint density at radius 3 is 2.39 bits per heavy atom. The van der Waals surface area contributed by atoms with Gasteiger partial charge in [0.2, 0.25) is 11.8 Å². The van der Waals surface area contributed by atoms with Crippen LogP contribution in [0, 0.1) is 11.8 Å². The van der Waals surface area contributed by atoms with E-state index >= 15 is 0 Å². The van der Waals surface area contributed by atoms with Gasteiger partial charge in [0.15, 0.2) is 0 Å². The Labute approximate surface area is 140 Å². The van der Waals surface area contributed by atoms with E-state index in [0.717, 1.165) is 64.2 Å². The molecule has 0 aromatic carbocycles. The number of carbonyl (C=O) groups is 2. The monoisotopic (exact) mass is 321 g/mol. The van der Waals surface area contributed by atoms with Gasteiger partial charge < -0.3 is 15.1 Å². The SMILES string of the molecule is C=CN1CCC(C(=O)NCCCC(=O)N2CCC(C)CC2)CC1. The van der Waals surface area contributed by atoms with Crippen LogP contribution >= 0.6 is 0 Å². The summed E-state index contributed by atoms with van der Waals surface area (Å²) in [6.45, 7) is 10.2. The number of likely N-dealkylation sites (tertiary alicyclic amines) is 2. The quantitative estimate of drug-likeness (QED) is 0.761. The Hall–Kier alpha value is -1.52. The van der Waals surface area contributed by atoms with Crippen LogP contribution in [0.2, 0.25) is 0 Å². The van der Waals surface area contributed by atoms with E-state index in [-0.39, 0.29) is 17.7 Å². The van der Waals surface area contributed by atoms with Gasteiger partial charge in [-0.3, -0.25) is 9.59 Å². The van der Waals surface area contributed by atoms with Gasteiger partial charge in [-0.05, 0) is 44.2 Å². The van der Waals surface area contributed by atoms with Crippen molar-refractivity contribution in [3.63, 3.8) is 0 Å². The molecule has 2 fully saturated rings. The Bertz CT molecular complexity index is 408. The summed E-state index contributed by atoms with van der Waals surface area (Å²) in [6, 6.07) is 0. The Balaban J connectivity index is 1.57. The maximum absolute atomic E-state index is 12.1. The maximum atomic E-state index is 12.1. The molecule has 0 radical (unpaired) electrons. The summed E-state index contributed by atoms with van der Waals surface area (Å²) in [5, 5.41) is 3.00. The molecule has 1 N–H and O–H groups in total. The molecule has 130 valence electrons. The summed E-state index contributed by atoms with van der Waals surface area (Å²) in [5.41, 5.74) is 0. The van der Waals surface area contributed by atoms with Crippen LogP contribution in [-0.2, 0) is 9.59 Å². The summed E-state index contributed by atoms with van der Waals surface area (Å²) in [4.78, 5) is 28.4. The first-order valence-corrected chi connectivity index (χ1v) is 9.02. The van der Waals surface area contributed by atoms with Crippen molar-refractivity contribution in [3.8, 4) is 0 Å². The standard InChI is InChI=1S/C18H31N3O2/c1-3-20-11-8-16(9-12-20)18(23)19-10-4-5-17(22)21-13-6-15(2)7-14-21/h3,15-16H,1,4-14H2,2H3,(H,19,23). The highest BCUT2D eigenvalue weighted by molar-refractivity contribution is 5.79. The molecule has 2 amide bonds. The minimum Gasteiger partial charge on any atom is -0.378 e. The van der Waals surface area contributed by atoms with Crippen LogP contribution in [0.25, 0.3) is 0 Å². The summed E-state index contributed by atoms with van der Waals surface area (Å²) in [6.07, 6.45) is 7.15. The molecule has 23 heavy (non-hydrogen) atoms. The smallest absolute Gasteiger partial charge is 0.223 e. The van der Waals surface area contributed by atoms with Gasteiger partial charge in [-0.25, -0.2) is 0 Å². The minimum absolute atomic E-state index is 0.116. The molecule has 0 bridgehead atoms. The summed E-state index contributed by atoms with van der Waals surface area (Å²) < 4.78 is 0. The minimum atomic E-state index is 0.116. The maximum Gasteiger partial charge on any atom is 0.223 e. The van der Waals surface area contributed by atoms with Gasteiger partial charge in [0, 0.05) is 45.1 Å². The van der Waals surface area contributed by atoms with E-state index in [1.807, 2.05) is 11.1 Å². The van der Waals surface area contributed by atoms with Gasteiger partial charge >= 0.3 is 0 Å². The van der Waals surface area contributed by atoms with Crippen LogP contribution in [0.1, 0.15) is 45.4 Å². The van der Waals surface area contributed by atoms with E-state index in [0.29, 0.717) is 13.0 Å². The third-order valence-corrected chi connectivity index (χ3v) is 5.16. The average Bonchev–Trinajstić information content (AvgIpc) is 2.59. The lowest BCUT2D eigenvalue weighted by Crippen LogP contribution is -2.40. The lowest BCUT2D eigenvalue weighted by Gasteiger charge is -2.30. The second-order valence-electron chi connectivity index (χ2n) is 6.95. The highest BCUT2D eigenvalue weighted by Crippen LogP contribution is 2.18. The number of hydrogen-bond acceptors (Lipinski definition) is 3. The van der Waals surface area contributed by atoms with Crippen molar-refractivity contribution in [2.24, 2.45) is 11.8 Å².